The molecule has 0 spiro atoms. The van der Waals surface area contributed by atoms with Crippen LogP contribution in [-0.4, -0.2) is 10.5 Å². The van der Waals surface area contributed by atoms with E-state index in [1.807, 2.05) is 0 Å². The fourth-order valence-corrected chi connectivity index (χ4v) is 5.65. The van der Waals surface area contributed by atoms with Gasteiger partial charge in [-0.3, -0.25) is 0 Å². The molecule has 0 aromatic heterocycles. The lowest BCUT2D eigenvalue weighted by Crippen LogP contribution is -2.06. The quantitative estimate of drug-likeness (QED) is 0.493. The van der Waals surface area contributed by atoms with Crippen LogP contribution in [0.25, 0.3) is 27.1 Å². The van der Waals surface area contributed by atoms with E-state index >= 15 is 0 Å². The Bertz CT molecular complexity index is 852. The average Bonchev–Trinajstić information content (AvgIpc) is 2.90. The molecule has 2 heterocycles. The van der Waals surface area contributed by atoms with E-state index in [1.54, 1.807) is 5.57 Å². The third-order valence-electron chi connectivity index (χ3n) is 5.07. The number of fused-ring (bicyclic) bond motifs is 4. The second kappa shape index (κ2) is 4.89. The molecule has 1 saturated heterocycles. The van der Waals surface area contributed by atoms with Gasteiger partial charge < -0.3 is 0 Å². The van der Waals surface area contributed by atoms with Gasteiger partial charge in [0, 0.05) is 10.5 Å². The summed E-state index contributed by atoms with van der Waals surface area (Å²) in [6.07, 6.45) is 6.54. The van der Waals surface area contributed by atoms with Crippen molar-refractivity contribution in [2.45, 2.75) is 29.8 Å². The van der Waals surface area contributed by atoms with Crippen molar-refractivity contribution in [1.29, 1.82) is 0 Å². The maximum atomic E-state index is 2.56. The lowest BCUT2D eigenvalue weighted by atomic mass is 9.90. The van der Waals surface area contributed by atoms with E-state index in [-0.39, 0.29) is 0 Å². The smallest absolute Gasteiger partial charge is 0.0236 e. The van der Waals surface area contributed by atoms with Crippen molar-refractivity contribution in [2.75, 3.05) is 0 Å². The summed E-state index contributed by atoms with van der Waals surface area (Å²) < 4.78 is 0. The molecular weight excluding hydrogens is 284 g/mol. The zero-order valence-electron chi connectivity index (χ0n) is 12.5. The van der Waals surface area contributed by atoms with E-state index in [9.17, 15) is 0 Å². The second-order valence-corrected chi connectivity index (χ2v) is 8.01. The third kappa shape index (κ3) is 1.92. The van der Waals surface area contributed by atoms with Crippen molar-refractivity contribution in [1.82, 2.24) is 0 Å². The van der Waals surface area contributed by atoms with Crippen LogP contribution in [0.1, 0.15) is 24.8 Å². The summed E-state index contributed by atoms with van der Waals surface area (Å²) >= 11 is 2.19. The molecule has 0 N–H and O–H groups in total. The average molecular weight is 302 g/mol. The van der Waals surface area contributed by atoms with Crippen molar-refractivity contribution in [2.24, 2.45) is 0 Å². The molecule has 0 nitrogen and oxygen atoms in total. The number of hydrogen-bond donors (Lipinski definition) is 0. The number of thioether (sulfide) groups is 1. The van der Waals surface area contributed by atoms with Crippen molar-refractivity contribution in [3.05, 3.63) is 66.2 Å². The van der Waals surface area contributed by atoms with Crippen molar-refractivity contribution in [3.8, 4) is 0 Å². The van der Waals surface area contributed by atoms with Crippen LogP contribution in [0.15, 0.2) is 60.7 Å². The van der Waals surface area contributed by atoms with Crippen LogP contribution in [-0.2, 0) is 0 Å². The summed E-state index contributed by atoms with van der Waals surface area (Å²) in [7, 11) is 0. The van der Waals surface area contributed by atoms with Crippen molar-refractivity contribution in [3.63, 3.8) is 0 Å². The summed E-state index contributed by atoms with van der Waals surface area (Å²) in [5, 5.41) is 7.14. The van der Waals surface area contributed by atoms with Gasteiger partial charge in [-0.1, -0.05) is 54.6 Å². The molecule has 2 bridgehead atoms. The Balaban J connectivity index is 1.86. The molecule has 2 aliphatic heterocycles. The van der Waals surface area contributed by atoms with Crippen LogP contribution in [0.3, 0.4) is 0 Å². The molecular formula is C21H18S. The fraction of sp³-hybridized carbons (Fsp3) is 0.238. The molecule has 0 amide bonds. The van der Waals surface area contributed by atoms with Gasteiger partial charge in [0.25, 0.3) is 0 Å². The van der Waals surface area contributed by atoms with Gasteiger partial charge >= 0.3 is 0 Å². The van der Waals surface area contributed by atoms with Crippen LogP contribution < -0.4 is 0 Å². The van der Waals surface area contributed by atoms with Gasteiger partial charge in [-0.15, -0.1) is 0 Å². The molecule has 22 heavy (non-hydrogen) atoms. The number of rotatable bonds is 1. The third-order valence-corrected chi connectivity index (χ3v) is 6.58. The molecule has 5 rings (SSSR count). The van der Waals surface area contributed by atoms with Gasteiger partial charge in [-0.2, -0.15) is 11.8 Å². The van der Waals surface area contributed by atoms with Crippen LogP contribution >= 0.6 is 11.8 Å². The highest BCUT2D eigenvalue weighted by Crippen LogP contribution is 2.47. The van der Waals surface area contributed by atoms with Gasteiger partial charge in [0.1, 0.15) is 0 Å². The molecule has 1 fully saturated rings. The number of benzene rings is 3. The zero-order valence-corrected chi connectivity index (χ0v) is 13.3. The fourth-order valence-electron chi connectivity index (χ4n) is 4.09. The Morgan fingerprint density at radius 1 is 0.818 bits per heavy atom. The Morgan fingerprint density at radius 2 is 1.50 bits per heavy atom. The highest BCUT2D eigenvalue weighted by atomic mass is 32.2. The highest BCUT2D eigenvalue weighted by molar-refractivity contribution is 8.01. The minimum absolute atomic E-state index is 0.742. The van der Waals surface area contributed by atoms with Crippen LogP contribution in [0.5, 0.6) is 0 Å². The molecule has 0 radical (unpaired) electrons. The normalized spacial score (nSPS) is 23.9. The minimum atomic E-state index is 0.742. The molecule has 1 heteroatoms. The van der Waals surface area contributed by atoms with E-state index in [2.05, 4.69) is 72.4 Å². The first-order chi connectivity index (χ1) is 10.9. The summed E-state index contributed by atoms with van der Waals surface area (Å²) in [6.45, 7) is 0. The molecule has 0 aliphatic carbocycles. The molecule has 3 aromatic carbocycles. The predicted octanol–water partition coefficient (Wildman–Crippen LogP) is 6.04. The first kappa shape index (κ1) is 12.8. The predicted molar refractivity (Wildman–Crippen MR) is 98.4 cm³/mol. The van der Waals surface area contributed by atoms with Gasteiger partial charge in [-0.25, -0.2) is 0 Å². The molecule has 3 aromatic rings. The van der Waals surface area contributed by atoms with Crippen LogP contribution in [0, 0.1) is 0 Å². The van der Waals surface area contributed by atoms with Gasteiger partial charge in [0.2, 0.25) is 0 Å². The Hall–Kier alpha value is -1.73. The maximum Gasteiger partial charge on any atom is 0.0236 e. The Morgan fingerprint density at radius 3 is 2.18 bits per heavy atom. The van der Waals surface area contributed by atoms with Crippen LogP contribution in [0.4, 0.5) is 0 Å². The number of hydrogen-bond acceptors (Lipinski definition) is 1. The first-order valence-electron chi connectivity index (χ1n) is 8.15. The van der Waals surface area contributed by atoms with E-state index in [0.29, 0.717) is 0 Å². The Labute approximate surface area is 135 Å². The molecule has 108 valence electrons. The molecule has 2 aliphatic rings. The van der Waals surface area contributed by atoms with Gasteiger partial charge in [0.05, 0.1) is 0 Å². The second-order valence-electron chi connectivity index (χ2n) is 6.46. The largest absolute Gasteiger partial charge is 0.151 e. The first-order valence-corrected chi connectivity index (χ1v) is 9.10. The van der Waals surface area contributed by atoms with E-state index in [0.717, 1.165) is 10.5 Å². The summed E-state index contributed by atoms with van der Waals surface area (Å²) in [4.78, 5) is 0. The van der Waals surface area contributed by atoms with E-state index < -0.39 is 0 Å². The summed E-state index contributed by atoms with van der Waals surface area (Å²) in [5.74, 6) is 0. The van der Waals surface area contributed by atoms with Crippen molar-refractivity contribution < 1.29 is 0 Å². The standard InChI is InChI=1S/C21H18S/c1-3-7-19-14(5-1)11-15-6-2-4-8-20(15)21(19)16-12-17-9-10-18(13-16)22-17/h1-8,11-12,17-18H,9-10,13H2. The monoisotopic (exact) mass is 302 g/mol. The highest BCUT2D eigenvalue weighted by Gasteiger charge is 2.30. The van der Waals surface area contributed by atoms with Gasteiger partial charge in [0.15, 0.2) is 0 Å². The van der Waals surface area contributed by atoms with E-state index in [4.69, 9.17) is 0 Å². The van der Waals surface area contributed by atoms with Gasteiger partial charge in [-0.05, 0) is 58.0 Å². The summed E-state index contributed by atoms with van der Waals surface area (Å²) in [5.41, 5.74) is 3.07. The maximum absolute atomic E-state index is 2.56. The lowest BCUT2D eigenvalue weighted by molar-refractivity contribution is 0.790. The number of allylic oxidation sites excluding steroid dienone is 1. The molecule has 2 unspecified atom stereocenters. The SMILES string of the molecule is C1=C(c2c3ccccc3cc3ccccc23)CC2CCC1S2. The summed E-state index contributed by atoms with van der Waals surface area (Å²) in [6, 6.07) is 20.1. The Kier molecular flexibility index (Phi) is 2.84. The zero-order chi connectivity index (χ0) is 14.5. The van der Waals surface area contributed by atoms with Crippen LogP contribution in [0.2, 0.25) is 0 Å². The lowest BCUT2D eigenvalue weighted by Gasteiger charge is -2.22. The molecule has 2 atom stereocenters. The molecule has 0 saturated carbocycles. The van der Waals surface area contributed by atoms with Crippen molar-refractivity contribution >= 4 is 38.9 Å². The van der Waals surface area contributed by atoms with E-state index in [1.165, 1.54) is 46.4 Å². The topological polar surface area (TPSA) is 0 Å². The minimum Gasteiger partial charge on any atom is -0.151 e.